The maximum atomic E-state index is 13.0. The molecule has 1 heterocycles. The molecular formula is C26H32N4O6S3. The van der Waals surface area contributed by atoms with Crippen LogP contribution in [0.1, 0.15) is 32.8 Å². The fraction of sp³-hybridized carbons (Fsp3) is 0.346. The lowest BCUT2D eigenvalue weighted by molar-refractivity contribution is -0.0224. The Bertz CT molecular complexity index is 1320. The lowest BCUT2D eigenvalue weighted by Gasteiger charge is -2.33. The largest absolute Gasteiger partial charge is 0.388 e. The van der Waals surface area contributed by atoms with E-state index in [0.29, 0.717) is 17.7 Å². The van der Waals surface area contributed by atoms with Crippen LogP contribution >= 0.6 is 23.1 Å². The first-order valence-corrected chi connectivity index (χ1v) is 16.2. The minimum absolute atomic E-state index is 0.0311. The Balaban J connectivity index is 1.81. The van der Waals surface area contributed by atoms with Crippen LogP contribution in [-0.2, 0) is 16.4 Å². The fourth-order valence-corrected chi connectivity index (χ4v) is 5.87. The number of rotatable bonds is 14. The maximum Gasteiger partial charge on any atom is 0.271 e. The van der Waals surface area contributed by atoms with Crippen LogP contribution in [-0.4, -0.2) is 78.0 Å². The van der Waals surface area contributed by atoms with Gasteiger partial charge < -0.3 is 20.8 Å². The molecule has 0 aliphatic heterocycles. The van der Waals surface area contributed by atoms with Crippen molar-refractivity contribution in [2.24, 2.45) is 0 Å². The molecule has 3 rings (SSSR count). The third kappa shape index (κ3) is 9.62. The van der Waals surface area contributed by atoms with Crippen LogP contribution in [0, 0.1) is 0 Å². The Morgan fingerprint density at radius 1 is 0.949 bits per heavy atom. The molecule has 0 aliphatic carbocycles. The molecule has 1 aromatic heterocycles. The molecule has 0 fully saturated rings. The second kappa shape index (κ2) is 14.4. The molecule has 13 heteroatoms. The van der Waals surface area contributed by atoms with Gasteiger partial charge in [-0.15, -0.1) is 11.3 Å². The summed E-state index contributed by atoms with van der Waals surface area (Å²) in [5.41, 5.74) is 1.19. The van der Waals surface area contributed by atoms with Gasteiger partial charge in [-0.2, -0.15) is 11.8 Å². The van der Waals surface area contributed by atoms with Crippen LogP contribution in [0.2, 0.25) is 0 Å². The van der Waals surface area contributed by atoms with Gasteiger partial charge in [0.05, 0.1) is 18.3 Å². The Hall–Kier alpha value is -2.97. The van der Waals surface area contributed by atoms with E-state index in [2.05, 4.69) is 20.3 Å². The predicted molar refractivity (Wildman–Crippen MR) is 155 cm³/mol. The van der Waals surface area contributed by atoms with Crippen molar-refractivity contribution < 1.29 is 28.2 Å². The zero-order chi connectivity index (χ0) is 28.4. The molecule has 2 amide bonds. The van der Waals surface area contributed by atoms with Gasteiger partial charge in [0, 0.05) is 10.9 Å². The van der Waals surface area contributed by atoms with Crippen molar-refractivity contribution in [1.29, 1.82) is 0 Å². The molecule has 3 aromatic rings. The highest BCUT2D eigenvalue weighted by Gasteiger charge is 2.34. The molecule has 0 aliphatic rings. The van der Waals surface area contributed by atoms with Gasteiger partial charge in [-0.1, -0.05) is 48.5 Å². The van der Waals surface area contributed by atoms with Gasteiger partial charge in [0.2, 0.25) is 10.0 Å². The minimum atomic E-state index is -3.57. The molecule has 5 N–H and O–H groups in total. The van der Waals surface area contributed by atoms with Gasteiger partial charge in [0.1, 0.15) is 17.9 Å². The van der Waals surface area contributed by atoms with Crippen LogP contribution in [0.15, 0.2) is 66.0 Å². The van der Waals surface area contributed by atoms with Gasteiger partial charge in [0.15, 0.2) is 5.13 Å². The number of hydrogen-bond acceptors (Lipinski definition) is 9. The number of aliphatic hydroxyl groups excluding tert-OH is 2. The number of amides is 2. The van der Waals surface area contributed by atoms with Crippen molar-refractivity contribution in [2.75, 3.05) is 23.0 Å². The smallest absolute Gasteiger partial charge is 0.271 e. The molecule has 0 radical (unpaired) electrons. The number of hydrogen-bond donors (Lipinski definition) is 5. The van der Waals surface area contributed by atoms with E-state index in [4.69, 9.17) is 0 Å². The molecular weight excluding hydrogens is 561 g/mol. The molecule has 210 valence electrons. The molecule has 0 bridgehead atoms. The summed E-state index contributed by atoms with van der Waals surface area (Å²) in [6, 6.07) is 16.0. The number of thiazole rings is 1. The van der Waals surface area contributed by atoms with E-state index < -0.39 is 40.2 Å². The predicted octanol–water partition coefficient (Wildman–Crippen LogP) is 2.13. The number of carbonyl (C=O) groups excluding carboxylic acids is 2. The highest BCUT2D eigenvalue weighted by Crippen LogP contribution is 2.19. The van der Waals surface area contributed by atoms with Crippen LogP contribution in [0.25, 0.3) is 0 Å². The summed E-state index contributed by atoms with van der Waals surface area (Å²) in [6.45, 7) is 0. The number of aliphatic hydroxyl groups is 2. The molecule has 2 aromatic carbocycles. The topological polar surface area (TPSA) is 158 Å². The monoisotopic (exact) mass is 592 g/mol. The average Bonchev–Trinajstić information content (AvgIpc) is 3.37. The second-order valence-electron chi connectivity index (χ2n) is 8.89. The molecule has 4 unspecified atom stereocenters. The minimum Gasteiger partial charge on any atom is -0.388 e. The molecule has 0 saturated heterocycles. The number of thioether (sulfide) groups is 1. The number of aromatic nitrogens is 1. The first kappa shape index (κ1) is 30.6. The average molecular weight is 593 g/mol. The number of sulfonamides is 1. The van der Waals surface area contributed by atoms with Crippen LogP contribution < -0.4 is 15.4 Å². The zero-order valence-corrected chi connectivity index (χ0v) is 23.9. The normalized spacial score (nSPS) is 14.6. The van der Waals surface area contributed by atoms with Gasteiger partial charge in [-0.05, 0) is 42.5 Å². The SMILES string of the molecule is CSCCC(NC(=O)c1ccccc1)C(O)C(O)C(Cc1ccccc1)NC(=O)c1csc(NS(C)(=O)=O)n1. The van der Waals surface area contributed by atoms with Crippen molar-refractivity contribution in [2.45, 2.75) is 37.1 Å². The Morgan fingerprint density at radius 2 is 1.54 bits per heavy atom. The third-order valence-electron chi connectivity index (χ3n) is 5.78. The summed E-state index contributed by atoms with van der Waals surface area (Å²) < 4.78 is 25.2. The van der Waals surface area contributed by atoms with Gasteiger partial charge in [0.25, 0.3) is 11.8 Å². The summed E-state index contributed by atoms with van der Waals surface area (Å²) in [7, 11) is -3.57. The van der Waals surface area contributed by atoms with Gasteiger partial charge in [-0.3, -0.25) is 14.3 Å². The van der Waals surface area contributed by atoms with Crippen molar-refractivity contribution in [1.82, 2.24) is 15.6 Å². The van der Waals surface area contributed by atoms with E-state index >= 15 is 0 Å². The molecule has 10 nitrogen and oxygen atoms in total. The number of nitrogens with zero attached hydrogens (tertiary/aromatic N) is 1. The van der Waals surface area contributed by atoms with Crippen molar-refractivity contribution in [3.8, 4) is 0 Å². The lowest BCUT2D eigenvalue weighted by Crippen LogP contribution is -2.56. The standard InChI is InChI=1S/C26H32N4O6S3/c1-37-14-13-19(27-24(33)18-11-7-4-8-12-18)22(31)23(32)20(15-17-9-5-3-6-10-17)28-25(34)21-16-38-26(29-21)30-39(2,35)36/h3-12,16,19-20,22-23,31-32H,13-15H2,1-2H3,(H,27,33)(H,28,34)(H,29,30). The second-order valence-corrected chi connectivity index (χ2v) is 12.5. The summed E-state index contributed by atoms with van der Waals surface area (Å²) in [5.74, 6) is -0.410. The zero-order valence-electron chi connectivity index (χ0n) is 21.5. The Morgan fingerprint density at radius 3 is 2.15 bits per heavy atom. The summed E-state index contributed by atoms with van der Waals surface area (Å²) in [4.78, 5) is 29.9. The highest BCUT2D eigenvalue weighted by molar-refractivity contribution is 7.98. The maximum absolute atomic E-state index is 13.0. The summed E-state index contributed by atoms with van der Waals surface area (Å²) in [6.07, 6.45) is 0.590. The number of nitrogens with one attached hydrogen (secondary N) is 3. The fourth-order valence-electron chi connectivity index (χ4n) is 3.84. The summed E-state index contributed by atoms with van der Waals surface area (Å²) in [5, 5.41) is 29.5. The highest BCUT2D eigenvalue weighted by atomic mass is 32.2. The lowest BCUT2D eigenvalue weighted by atomic mass is 9.92. The molecule has 39 heavy (non-hydrogen) atoms. The van der Waals surface area contributed by atoms with E-state index in [1.54, 1.807) is 30.3 Å². The van der Waals surface area contributed by atoms with E-state index in [0.717, 1.165) is 23.2 Å². The van der Waals surface area contributed by atoms with Crippen LogP contribution in [0.4, 0.5) is 5.13 Å². The number of anilines is 1. The van der Waals surface area contributed by atoms with Crippen molar-refractivity contribution in [3.63, 3.8) is 0 Å². The van der Waals surface area contributed by atoms with Gasteiger partial charge >= 0.3 is 0 Å². The molecule has 4 atom stereocenters. The van der Waals surface area contributed by atoms with Crippen LogP contribution in [0.3, 0.4) is 0 Å². The van der Waals surface area contributed by atoms with E-state index in [1.807, 2.05) is 36.6 Å². The van der Waals surface area contributed by atoms with Gasteiger partial charge in [-0.25, -0.2) is 13.4 Å². The Kier molecular flexibility index (Phi) is 11.3. The van der Waals surface area contributed by atoms with Crippen molar-refractivity contribution in [3.05, 3.63) is 82.9 Å². The van der Waals surface area contributed by atoms with E-state index in [-0.39, 0.29) is 23.2 Å². The first-order chi connectivity index (χ1) is 18.6. The first-order valence-electron chi connectivity index (χ1n) is 12.1. The third-order valence-corrected chi connectivity index (χ3v) is 7.88. The van der Waals surface area contributed by atoms with E-state index in [9.17, 15) is 28.2 Å². The number of benzene rings is 2. The number of carbonyl (C=O) groups is 2. The van der Waals surface area contributed by atoms with E-state index in [1.165, 1.54) is 17.1 Å². The quantitative estimate of drug-likeness (QED) is 0.191. The summed E-state index contributed by atoms with van der Waals surface area (Å²) >= 11 is 2.48. The Labute approximate surface area is 236 Å². The van der Waals surface area contributed by atoms with Crippen molar-refractivity contribution >= 4 is 50.1 Å². The molecule has 0 saturated carbocycles. The molecule has 0 spiro atoms. The van der Waals surface area contributed by atoms with Crippen LogP contribution in [0.5, 0.6) is 0 Å².